The Morgan fingerprint density at radius 2 is 2.12 bits per heavy atom. The maximum absolute atomic E-state index is 12.7. The van der Waals surface area contributed by atoms with Gasteiger partial charge in [-0.25, -0.2) is 22.6 Å². The van der Waals surface area contributed by atoms with Crippen molar-refractivity contribution in [2.45, 2.75) is 29.6 Å². The molecule has 0 amide bonds. The normalized spacial score (nSPS) is 14.8. The van der Waals surface area contributed by atoms with E-state index in [1.807, 2.05) is 17.5 Å². The van der Waals surface area contributed by atoms with Gasteiger partial charge in [0.25, 0.3) is 0 Å². The zero-order chi connectivity index (χ0) is 18.3. The van der Waals surface area contributed by atoms with Crippen molar-refractivity contribution < 1.29 is 8.42 Å². The van der Waals surface area contributed by atoms with Gasteiger partial charge in [0.05, 0.1) is 15.2 Å². The summed E-state index contributed by atoms with van der Waals surface area (Å²) in [6.07, 6.45) is 1.95. The second-order valence-corrected chi connectivity index (χ2v) is 11.3. The Kier molecular flexibility index (Phi) is 4.90. The molecule has 1 aliphatic carbocycles. The number of thiophene rings is 2. The van der Waals surface area contributed by atoms with Crippen LogP contribution in [-0.4, -0.2) is 29.3 Å². The Hall–Kier alpha value is -1.27. The van der Waals surface area contributed by atoms with E-state index in [9.17, 15) is 13.2 Å². The molecule has 0 atom stereocenters. The molecule has 0 saturated heterocycles. The molecule has 11 heteroatoms. The molecule has 7 nitrogen and oxygen atoms in total. The Morgan fingerprint density at radius 1 is 1.31 bits per heavy atom. The molecule has 138 valence electrons. The van der Waals surface area contributed by atoms with E-state index in [-0.39, 0.29) is 29.0 Å². The van der Waals surface area contributed by atoms with Crippen LogP contribution in [0.3, 0.4) is 0 Å². The third-order valence-electron chi connectivity index (χ3n) is 3.95. The summed E-state index contributed by atoms with van der Waals surface area (Å²) in [5.74, 6) is 0.664. The van der Waals surface area contributed by atoms with Crippen molar-refractivity contribution in [2.75, 3.05) is 6.54 Å². The van der Waals surface area contributed by atoms with Gasteiger partial charge in [-0.15, -0.1) is 27.8 Å². The molecule has 3 heterocycles. The van der Waals surface area contributed by atoms with E-state index in [1.54, 1.807) is 16.7 Å². The predicted molar refractivity (Wildman–Crippen MR) is 105 cm³/mol. The highest BCUT2D eigenvalue weighted by Gasteiger charge is 2.30. The van der Waals surface area contributed by atoms with Crippen LogP contribution in [0.1, 0.15) is 18.9 Å². The molecule has 0 aliphatic heterocycles. The predicted octanol–water partition coefficient (Wildman–Crippen LogP) is 2.91. The van der Waals surface area contributed by atoms with E-state index in [2.05, 4.69) is 25.8 Å². The Morgan fingerprint density at radius 3 is 2.73 bits per heavy atom. The minimum atomic E-state index is -3.58. The van der Waals surface area contributed by atoms with E-state index < -0.39 is 10.0 Å². The Balaban J connectivity index is 1.52. The van der Waals surface area contributed by atoms with Crippen molar-refractivity contribution >= 4 is 48.6 Å². The summed E-state index contributed by atoms with van der Waals surface area (Å²) in [7, 11) is -3.58. The number of nitrogens with one attached hydrogen (secondary N) is 1. The molecular weight excluding hydrogens is 460 g/mol. The van der Waals surface area contributed by atoms with Crippen LogP contribution in [0, 0.1) is 0 Å². The summed E-state index contributed by atoms with van der Waals surface area (Å²) in [6, 6.07) is 7.29. The Bertz CT molecular complexity index is 1080. The van der Waals surface area contributed by atoms with Crippen LogP contribution < -0.4 is 10.4 Å². The minimum absolute atomic E-state index is 0.101. The lowest BCUT2D eigenvalue weighted by atomic mass is 10.4. The van der Waals surface area contributed by atoms with Gasteiger partial charge in [0.2, 0.25) is 10.0 Å². The lowest BCUT2D eigenvalue weighted by molar-refractivity contribution is 0.548. The highest BCUT2D eigenvalue weighted by molar-refractivity contribution is 9.11. The monoisotopic (exact) mass is 474 g/mol. The van der Waals surface area contributed by atoms with Crippen LogP contribution in [0.5, 0.6) is 0 Å². The number of hydrogen-bond donors (Lipinski definition) is 1. The number of halogens is 1. The molecule has 0 spiro atoms. The van der Waals surface area contributed by atoms with Gasteiger partial charge in [0, 0.05) is 12.6 Å². The van der Waals surface area contributed by atoms with E-state index in [1.165, 1.54) is 16.0 Å². The zero-order valence-corrected chi connectivity index (χ0v) is 17.5. The highest BCUT2D eigenvalue weighted by atomic mass is 79.9. The zero-order valence-electron chi connectivity index (χ0n) is 13.5. The summed E-state index contributed by atoms with van der Waals surface area (Å²) in [6.45, 7) is 0.284. The summed E-state index contributed by atoms with van der Waals surface area (Å²) in [4.78, 5) is 13.6. The molecule has 1 saturated carbocycles. The number of hydrogen-bond acceptors (Lipinski definition) is 6. The van der Waals surface area contributed by atoms with Crippen molar-refractivity contribution in [1.82, 2.24) is 19.1 Å². The molecule has 1 fully saturated rings. The van der Waals surface area contributed by atoms with Crippen molar-refractivity contribution in [1.29, 1.82) is 0 Å². The van der Waals surface area contributed by atoms with E-state index in [0.717, 1.165) is 32.8 Å². The molecule has 3 aromatic rings. The molecule has 0 aromatic carbocycles. The molecule has 1 N–H and O–H groups in total. The van der Waals surface area contributed by atoms with Crippen LogP contribution in [-0.2, 0) is 16.6 Å². The number of rotatable bonds is 7. The fourth-order valence-corrected chi connectivity index (χ4v) is 6.38. The quantitative estimate of drug-likeness (QED) is 0.570. The molecule has 0 unspecified atom stereocenters. The number of sulfonamides is 1. The van der Waals surface area contributed by atoms with Gasteiger partial charge < -0.3 is 0 Å². The first-order valence-corrected chi connectivity index (χ1v) is 11.9. The van der Waals surface area contributed by atoms with Crippen LogP contribution in [0.15, 0.2) is 42.4 Å². The smallest absolute Gasteiger partial charge is 0.271 e. The third kappa shape index (κ3) is 3.58. The average molecular weight is 475 g/mol. The van der Waals surface area contributed by atoms with E-state index >= 15 is 0 Å². The molecular formula is C15H15BrN4O3S3. The number of aromatic nitrogens is 3. The fraction of sp³-hybridized carbons (Fsp3) is 0.333. The van der Waals surface area contributed by atoms with Gasteiger partial charge >= 0.3 is 5.69 Å². The maximum Gasteiger partial charge on any atom is 0.346 e. The summed E-state index contributed by atoms with van der Waals surface area (Å²) < 4.78 is 31.1. The standard InChI is InChI=1S/C15H15BrN4O3S3/c16-12-5-6-13(25-12)26(22,23)17-7-8-19-15(21)20(10-3-4-10)14(18-19)11-2-1-9-24-11/h1-2,5-6,9-10,17H,3-4,7-8H2. The first kappa shape index (κ1) is 18.1. The maximum atomic E-state index is 12.7. The van der Waals surface area contributed by atoms with Crippen molar-refractivity contribution in [3.8, 4) is 10.7 Å². The van der Waals surface area contributed by atoms with Crippen molar-refractivity contribution in [3.05, 3.63) is 43.9 Å². The van der Waals surface area contributed by atoms with Crippen LogP contribution in [0.4, 0.5) is 0 Å². The molecule has 26 heavy (non-hydrogen) atoms. The van der Waals surface area contributed by atoms with Gasteiger partial charge in [-0.3, -0.25) is 4.57 Å². The molecule has 3 aromatic heterocycles. The largest absolute Gasteiger partial charge is 0.346 e. The molecule has 0 radical (unpaired) electrons. The van der Waals surface area contributed by atoms with Crippen molar-refractivity contribution in [3.63, 3.8) is 0 Å². The molecule has 0 bridgehead atoms. The van der Waals surface area contributed by atoms with Gasteiger partial charge in [0.1, 0.15) is 4.21 Å². The third-order valence-corrected chi connectivity index (χ3v) is 8.40. The van der Waals surface area contributed by atoms with Gasteiger partial charge in [0.15, 0.2) is 5.82 Å². The molecule has 4 rings (SSSR count). The van der Waals surface area contributed by atoms with E-state index in [4.69, 9.17) is 0 Å². The summed E-state index contributed by atoms with van der Waals surface area (Å²) in [5.41, 5.74) is -0.186. The average Bonchev–Trinajstić information content (AvgIpc) is 3.00. The van der Waals surface area contributed by atoms with Crippen LogP contribution in [0.2, 0.25) is 0 Å². The summed E-state index contributed by atoms with van der Waals surface area (Å²) in [5, 5.41) is 6.40. The molecule has 1 aliphatic rings. The fourth-order valence-electron chi connectivity index (χ4n) is 2.60. The van der Waals surface area contributed by atoms with E-state index in [0.29, 0.717) is 5.82 Å². The SMILES string of the molecule is O=c1n(CCNS(=O)(=O)c2ccc(Br)s2)nc(-c2cccs2)n1C1CC1. The number of nitrogens with zero attached hydrogens (tertiary/aromatic N) is 3. The van der Waals surface area contributed by atoms with Gasteiger partial charge in [-0.05, 0) is 52.4 Å². The van der Waals surface area contributed by atoms with Gasteiger partial charge in [-0.2, -0.15) is 0 Å². The lowest BCUT2D eigenvalue weighted by Gasteiger charge is -2.04. The second kappa shape index (κ2) is 7.04. The first-order valence-electron chi connectivity index (χ1n) is 7.94. The first-order chi connectivity index (χ1) is 12.5. The second-order valence-electron chi connectivity index (χ2n) is 5.86. The van der Waals surface area contributed by atoms with Crippen LogP contribution >= 0.6 is 38.6 Å². The topological polar surface area (TPSA) is 86.0 Å². The lowest BCUT2D eigenvalue weighted by Crippen LogP contribution is -2.31. The summed E-state index contributed by atoms with van der Waals surface area (Å²) >= 11 is 5.93. The Labute approximate surface area is 166 Å². The van der Waals surface area contributed by atoms with Crippen LogP contribution in [0.25, 0.3) is 10.7 Å². The highest BCUT2D eigenvalue weighted by Crippen LogP contribution is 2.37. The minimum Gasteiger partial charge on any atom is -0.271 e. The van der Waals surface area contributed by atoms with Crippen molar-refractivity contribution in [2.24, 2.45) is 0 Å². The van der Waals surface area contributed by atoms with Gasteiger partial charge in [-0.1, -0.05) is 6.07 Å².